The maximum atomic E-state index is 4.05. The van der Waals surface area contributed by atoms with Crippen LogP contribution in [0.3, 0.4) is 0 Å². The molecule has 0 spiro atoms. The van der Waals surface area contributed by atoms with Gasteiger partial charge in [-0.15, -0.1) is 5.10 Å². The number of nitrogens with one attached hydrogen (secondary N) is 1. The van der Waals surface area contributed by atoms with Crippen LogP contribution in [0.25, 0.3) is 0 Å². The van der Waals surface area contributed by atoms with E-state index in [-0.39, 0.29) is 0 Å². The third-order valence-electron chi connectivity index (χ3n) is 4.59. The van der Waals surface area contributed by atoms with Gasteiger partial charge in [0, 0.05) is 30.9 Å². The summed E-state index contributed by atoms with van der Waals surface area (Å²) in [6.07, 6.45) is 10.5. The molecular weight excluding hydrogens is 226 g/mol. The highest BCUT2D eigenvalue weighted by Gasteiger charge is 2.37. The van der Waals surface area contributed by atoms with Crippen LogP contribution in [0.5, 0.6) is 0 Å². The number of aromatic nitrogens is 3. The first-order valence-corrected chi connectivity index (χ1v) is 7.14. The van der Waals surface area contributed by atoms with Crippen LogP contribution in [0, 0.1) is 0 Å². The lowest BCUT2D eigenvalue weighted by atomic mass is 9.82. The molecule has 2 aliphatic rings. The van der Waals surface area contributed by atoms with Crippen LogP contribution in [0.2, 0.25) is 0 Å². The third-order valence-corrected chi connectivity index (χ3v) is 4.59. The van der Waals surface area contributed by atoms with Crippen molar-refractivity contribution in [2.24, 2.45) is 0 Å². The summed E-state index contributed by atoms with van der Waals surface area (Å²) >= 11 is 0. The van der Waals surface area contributed by atoms with Gasteiger partial charge in [-0.25, -0.2) is 0 Å². The Kier molecular flexibility index (Phi) is 3.61. The fourth-order valence-electron chi connectivity index (χ4n) is 3.65. The van der Waals surface area contributed by atoms with E-state index in [1.54, 1.807) is 6.20 Å². The lowest BCUT2D eigenvalue weighted by Gasteiger charge is -2.49. The zero-order chi connectivity index (χ0) is 12.4. The van der Waals surface area contributed by atoms with Crippen LogP contribution in [-0.2, 0) is 6.54 Å². The van der Waals surface area contributed by atoms with Gasteiger partial charge in [0.2, 0.25) is 0 Å². The van der Waals surface area contributed by atoms with Crippen molar-refractivity contribution in [2.45, 2.75) is 56.8 Å². The lowest BCUT2D eigenvalue weighted by Crippen LogP contribution is -2.56. The van der Waals surface area contributed by atoms with Gasteiger partial charge >= 0.3 is 0 Å². The molecule has 0 amide bonds. The van der Waals surface area contributed by atoms with Crippen LogP contribution < -0.4 is 5.32 Å². The Morgan fingerprint density at radius 1 is 1.22 bits per heavy atom. The Balaban J connectivity index is 1.61. The van der Waals surface area contributed by atoms with E-state index in [1.807, 2.05) is 10.9 Å². The second-order valence-corrected chi connectivity index (χ2v) is 5.60. The van der Waals surface area contributed by atoms with Gasteiger partial charge in [0.1, 0.15) is 0 Å². The summed E-state index contributed by atoms with van der Waals surface area (Å²) in [5.41, 5.74) is 0. The molecule has 1 aromatic rings. The largest absolute Gasteiger partial charge is 0.317 e. The Morgan fingerprint density at radius 2 is 2.00 bits per heavy atom. The maximum absolute atomic E-state index is 4.05. The molecule has 2 unspecified atom stereocenters. The molecule has 1 N–H and O–H groups in total. The SMILES string of the molecule is CNC1CC2CCCC(C1)N2CCn1ccnn1. The molecule has 100 valence electrons. The van der Waals surface area contributed by atoms with Gasteiger partial charge in [-0.05, 0) is 32.7 Å². The van der Waals surface area contributed by atoms with Crippen LogP contribution in [0.1, 0.15) is 32.1 Å². The van der Waals surface area contributed by atoms with Crippen LogP contribution in [-0.4, -0.2) is 51.6 Å². The molecule has 1 aromatic heterocycles. The summed E-state index contributed by atoms with van der Waals surface area (Å²) in [4.78, 5) is 2.72. The zero-order valence-electron chi connectivity index (χ0n) is 11.1. The van der Waals surface area contributed by atoms with E-state index < -0.39 is 0 Å². The number of rotatable bonds is 4. The second-order valence-electron chi connectivity index (χ2n) is 5.60. The normalized spacial score (nSPS) is 32.6. The molecule has 3 heterocycles. The minimum atomic E-state index is 0.725. The van der Waals surface area contributed by atoms with Crippen molar-refractivity contribution in [1.29, 1.82) is 0 Å². The van der Waals surface area contributed by atoms with E-state index in [0.717, 1.165) is 31.2 Å². The minimum absolute atomic E-state index is 0.725. The van der Waals surface area contributed by atoms with E-state index in [2.05, 4.69) is 27.6 Å². The quantitative estimate of drug-likeness (QED) is 0.860. The van der Waals surface area contributed by atoms with Gasteiger partial charge in [0.15, 0.2) is 0 Å². The molecule has 2 atom stereocenters. The van der Waals surface area contributed by atoms with Crippen molar-refractivity contribution in [3.63, 3.8) is 0 Å². The average molecular weight is 249 g/mol. The average Bonchev–Trinajstić information content (AvgIpc) is 2.88. The Labute approximate surface area is 109 Å². The molecule has 2 fully saturated rings. The standard InChI is InChI=1S/C13H23N5/c1-14-11-9-12-3-2-4-13(10-11)18(12)8-7-17-6-5-15-16-17/h5-6,11-14H,2-4,7-10H2,1H3. The Morgan fingerprint density at radius 3 is 2.61 bits per heavy atom. The monoisotopic (exact) mass is 249 g/mol. The molecule has 2 bridgehead atoms. The second kappa shape index (κ2) is 5.36. The zero-order valence-corrected chi connectivity index (χ0v) is 11.1. The van der Waals surface area contributed by atoms with Crippen molar-refractivity contribution >= 4 is 0 Å². The van der Waals surface area contributed by atoms with Crippen molar-refractivity contribution in [1.82, 2.24) is 25.2 Å². The lowest BCUT2D eigenvalue weighted by molar-refractivity contribution is 0.0225. The van der Waals surface area contributed by atoms with Gasteiger partial charge in [-0.2, -0.15) is 0 Å². The number of piperidine rings is 2. The molecule has 18 heavy (non-hydrogen) atoms. The number of hydrogen-bond donors (Lipinski definition) is 1. The molecule has 0 aliphatic carbocycles. The topological polar surface area (TPSA) is 46.0 Å². The summed E-state index contributed by atoms with van der Waals surface area (Å²) in [5.74, 6) is 0. The first-order chi connectivity index (χ1) is 8.86. The molecule has 2 aliphatic heterocycles. The first-order valence-electron chi connectivity index (χ1n) is 7.14. The predicted octanol–water partition coefficient (Wildman–Crippen LogP) is 0.883. The summed E-state index contributed by atoms with van der Waals surface area (Å²) in [7, 11) is 2.10. The fraction of sp³-hybridized carbons (Fsp3) is 0.846. The molecule has 5 heteroatoms. The summed E-state index contributed by atoms with van der Waals surface area (Å²) < 4.78 is 1.94. The molecule has 2 saturated heterocycles. The third kappa shape index (κ3) is 2.42. The molecule has 5 nitrogen and oxygen atoms in total. The van der Waals surface area contributed by atoms with E-state index in [9.17, 15) is 0 Å². The minimum Gasteiger partial charge on any atom is -0.317 e. The summed E-state index contributed by atoms with van der Waals surface area (Å²) in [6.45, 7) is 2.09. The van der Waals surface area contributed by atoms with Crippen LogP contribution in [0.15, 0.2) is 12.4 Å². The van der Waals surface area contributed by atoms with Gasteiger partial charge in [0.25, 0.3) is 0 Å². The van der Waals surface area contributed by atoms with E-state index in [1.165, 1.54) is 32.1 Å². The Hall–Kier alpha value is -0.940. The van der Waals surface area contributed by atoms with Crippen molar-refractivity contribution < 1.29 is 0 Å². The predicted molar refractivity (Wildman–Crippen MR) is 70.2 cm³/mol. The molecular formula is C13H23N5. The molecule has 0 aromatic carbocycles. The van der Waals surface area contributed by atoms with E-state index in [4.69, 9.17) is 0 Å². The van der Waals surface area contributed by atoms with Crippen molar-refractivity contribution in [3.05, 3.63) is 12.4 Å². The molecule has 0 saturated carbocycles. The Bertz CT molecular complexity index is 349. The molecule has 0 radical (unpaired) electrons. The number of nitrogens with zero attached hydrogens (tertiary/aromatic N) is 4. The highest BCUT2D eigenvalue weighted by molar-refractivity contribution is 4.94. The van der Waals surface area contributed by atoms with E-state index >= 15 is 0 Å². The van der Waals surface area contributed by atoms with Crippen LogP contribution in [0.4, 0.5) is 0 Å². The molecule has 3 rings (SSSR count). The van der Waals surface area contributed by atoms with Gasteiger partial charge < -0.3 is 5.32 Å². The number of fused-ring (bicyclic) bond motifs is 2. The van der Waals surface area contributed by atoms with Gasteiger partial charge in [-0.1, -0.05) is 11.6 Å². The number of hydrogen-bond acceptors (Lipinski definition) is 4. The van der Waals surface area contributed by atoms with Crippen LogP contribution >= 0.6 is 0 Å². The summed E-state index contributed by atoms with van der Waals surface area (Å²) in [6, 6.07) is 2.28. The maximum Gasteiger partial charge on any atom is 0.0692 e. The van der Waals surface area contributed by atoms with Crippen molar-refractivity contribution in [3.8, 4) is 0 Å². The fourth-order valence-corrected chi connectivity index (χ4v) is 3.65. The highest BCUT2D eigenvalue weighted by atomic mass is 15.4. The van der Waals surface area contributed by atoms with Crippen molar-refractivity contribution in [2.75, 3.05) is 13.6 Å². The highest BCUT2D eigenvalue weighted by Crippen LogP contribution is 2.33. The van der Waals surface area contributed by atoms with Gasteiger partial charge in [-0.3, -0.25) is 9.58 Å². The van der Waals surface area contributed by atoms with Gasteiger partial charge in [0.05, 0.1) is 12.7 Å². The summed E-state index contributed by atoms with van der Waals surface area (Å²) in [5, 5.41) is 11.4. The van der Waals surface area contributed by atoms with E-state index in [0.29, 0.717) is 0 Å². The first kappa shape index (κ1) is 12.1. The smallest absolute Gasteiger partial charge is 0.0692 e.